The molecule has 250 valence electrons. The van der Waals surface area contributed by atoms with Crippen LogP contribution in [0.4, 0.5) is 0 Å². The van der Waals surface area contributed by atoms with E-state index in [2.05, 4.69) is 94.0 Å². The lowest BCUT2D eigenvalue weighted by atomic mass is 9.81. The topological polar surface area (TPSA) is 56.7 Å². The number of hydrogen-bond acceptors (Lipinski definition) is 4. The summed E-state index contributed by atoms with van der Waals surface area (Å²) in [5.41, 5.74) is 8.49. The largest absolute Gasteiger partial charge is 0.456 e. The van der Waals surface area contributed by atoms with Gasteiger partial charge in [0.2, 0.25) is 0 Å². The Morgan fingerprint density at radius 2 is 1.23 bits per heavy atom. The van der Waals surface area contributed by atoms with Crippen LogP contribution >= 0.6 is 0 Å². The zero-order valence-corrected chi connectivity index (χ0v) is 28.4. The molecule has 5 nitrogen and oxygen atoms in total. The van der Waals surface area contributed by atoms with Crippen LogP contribution in [0.1, 0.15) is 38.7 Å². The Kier molecular flexibility index (Phi) is 4.49. The predicted octanol–water partition coefficient (Wildman–Crippen LogP) is 12.2. The SMILES string of the molecule is [2H]c1c([2H])c([2H])c(-c2nc(-c3ccc4c(c3)oc3cccc(-n5c6ccccc6c6ccc7c(c65)C(C)(C)c5ccccc5-7)c34)nc(-c3c([2H])c([2H])c([2H])c([2H])c3[2H])n2)c([2H])c1[2H]. The molecule has 0 spiro atoms. The molecule has 7 aromatic carbocycles. The van der Waals surface area contributed by atoms with E-state index < -0.39 is 60.4 Å². The molecule has 0 amide bonds. The first-order valence-electron chi connectivity index (χ1n) is 22.2. The summed E-state index contributed by atoms with van der Waals surface area (Å²) in [5.74, 6) is -0.722. The summed E-state index contributed by atoms with van der Waals surface area (Å²) >= 11 is 0. The van der Waals surface area contributed by atoms with Gasteiger partial charge in [0.05, 0.1) is 35.8 Å². The van der Waals surface area contributed by atoms with Gasteiger partial charge in [-0.25, -0.2) is 15.0 Å². The molecule has 3 heterocycles. The van der Waals surface area contributed by atoms with Crippen LogP contribution in [-0.4, -0.2) is 19.5 Å². The fourth-order valence-corrected chi connectivity index (χ4v) is 8.15. The number of rotatable bonds is 4. The summed E-state index contributed by atoms with van der Waals surface area (Å²) in [6, 6.07) is 26.8. The molecular weight excluding hydrogens is 649 g/mol. The third kappa shape index (κ3) is 4.34. The molecule has 1 aliphatic rings. The molecule has 1 aliphatic carbocycles. The van der Waals surface area contributed by atoms with E-state index in [4.69, 9.17) is 18.1 Å². The molecule has 11 rings (SSSR count). The molecule has 0 aliphatic heterocycles. The summed E-state index contributed by atoms with van der Waals surface area (Å²) < 4.78 is 93.4. The molecule has 5 heteroatoms. The Balaban J connectivity index is 1.16. The van der Waals surface area contributed by atoms with Gasteiger partial charge in [-0.05, 0) is 52.6 Å². The van der Waals surface area contributed by atoms with Crippen LogP contribution in [0.3, 0.4) is 0 Å². The van der Waals surface area contributed by atoms with Crippen molar-refractivity contribution in [2.75, 3.05) is 0 Å². The Labute approximate surface area is 319 Å². The minimum absolute atomic E-state index is 0.0454. The molecule has 10 aromatic rings. The molecule has 0 fully saturated rings. The molecule has 0 saturated carbocycles. The highest BCUT2D eigenvalue weighted by Gasteiger charge is 2.38. The molecule has 53 heavy (non-hydrogen) atoms. The number of hydrogen-bond donors (Lipinski definition) is 0. The lowest BCUT2D eigenvalue weighted by Gasteiger charge is -2.23. The summed E-state index contributed by atoms with van der Waals surface area (Å²) in [5, 5.41) is 3.91. The zero-order chi connectivity index (χ0) is 44.0. The average molecular weight is 691 g/mol. The van der Waals surface area contributed by atoms with Gasteiger partial charge in [-0.1, -0.05) is 141 Å². The maximum Gasteiger partial charge on any atom is 0.164 e. The van der Waals surface area contributed by atoms with Gasteiger partial charge >= 0.3 is 0 Å². The van der Waals surface area contributed by atoms with Crippen LogP contribution in [-0.2, 0) is 5.41 Å². The first-order valence-corrected chi connectivity index (χ1v) is 17.2. The van der Waals surface area contributed by atoms with E-state index in [1.54, 1.807) is 12.1 Å². The standard InChI is InChI=1S/C48H32N4O/c1-48(2)37-20-11-9-18-32(37)34-26-27-35-33-19-10-12-21-38(33)52(44(35)43(34)48)39-22-13-23-40-42(39)36-25-24-31(28-41(36)53-40)47-50-45(29-14-5-3-6-15-29)49-46(51-47)30-16-7-4-8-17-30/h3-28H,1-2H3/i3D,4D,5D,6D,7D,8D,14D,15D,16D,17D. The predicted molar refractivity (Wildman–Crippen MR) is 215 cm³/mol. The fourth-order valence-electron chi connectivity index (χ4n) is 8.15. The number of benzene rings is 7. The minimum Gasteiger partial charge on any atom is -0.456 e. The van der Waals surface area contributed by atoms with E-state index in [0.717, 1.165) is 38.3 Å². The maximum atomic E-state index is 8.70. The highest BCUT2D eigenvalue weighted by molar-refractivity contribution is 6.16. The number of para-hydroxylation sites is 1. The Morgan fingerprint density at radius 1 is 0.566 bits per heavy atom. The van der Waals surface area contributed by atoms with Gasteiger partial charge in [0, 0.05) is 38.3 Å². The second kappa shape index (κ2) is 11.1. The van der Waals surface area contributed by atoms with Gasteiger partial charge < -0.3 is 8.98 Å². The molecule has 0 saturated heterocycles. The van der Waals surface area contributed by atoms with Crippen molar-refractivity contribution >= 4 is 43.7 Å². The van der Waals surface area contributed by atoms with Crippen molar-refractivity contribution in [3.8, 4) is 51.0 Å². The maximum absolute atomic E-state index is 8.70. The van der Waals surface area contributed by atoms with Gasteiger partial charge in [0.15, 0.2) is 17.5 Å². The normalized spacial score (nSPS) is 15.9. The van der Waals surface area contributed by atoms with Gasteiger partial charge in [-0.3, -0.25) is 0 Å². The van der Waals surface area contributed by atoms with Crippen LogP contribution in [0.5, 0.6) is 0 Å². The smallest absolute Gasteiger partial charge is 0.164 e. The van der Waals surface area contributed by atoms with Crippen LogP contribution in [0.2, 0.25) is 0 Å². The van der Waals surface area contributed by atoms with Crippen molar-refractivity contribution in [2.45, 2.75) is 19.3 Å². The molecule has 0 bridgehead atoms. The second-order valence-electron chi connectivity index (χ2n) is 13.7. The van der Waals surface area contributed by atoms with Crippen molar-refractivity contribution in [1.82, 2.24) is 19.5 Å². The van der Waals surface area contributed by atoms with Crippen LogP contribution in [0, 0.1) is 0 Å². The summed E-state index contributed by atoms with van der Waals surface area (Å²) in [4.78, 5) is 13.7. The Morgan fingerprint density at radius 3 is 1.98 bits per heavy atom. The summed E-state index contributed by atoms with van der Waals surface area (Å²) in [6.07, 6.45) is 0. The van der Waals surface area contributed by atoms with Crippen LogP contribution in [0.15, 0.2) is 162 Å². The fraction of sp³-hybridized carbons (Fsp3) is 0.0625. The van der Waals surface area contributed by atoms with E-state index in [-0.39, 0.29) is 34.0 Å². The van der Waals surface area contributed by atoms with Gasteiger partial charge in [-0.2, -0.15) is 0 Å². The molecule has 0 N–H and O–H groups in total. The molecule has 0 unspecified atom stereocenters. The zero-order valence-electron chi connectivity index (χ0n) is 38.4. The van der Waals surface area contributed by atoms with E-state index in [1.165, 1.54) is 22.3 Å². The number of nitrogens with zero attached hydrogens (tertiary/aromatic N) is 4. The second-order valence-corrected chi connectivity index (χ2v) is 13.7. The van der Waals surface area contributed by atoms with Gasteiger partial charge in [0.1, 0.15) is 11.2 Å². The van der Waals surface area contributed by atoms with Crippen molar-refractivity contribution in [1.29, 1.82) is 0 Å². The van der Waals surface area contributed by atoms with Crippen LogP contribution < -0.4 is 0 Å². The third-order valence-corrected chi connectivity index (χ3v) is 10.4. The van der Waals surface area contributed by atoms with E-state index in [1.807, 2.05) is 24.3 Å². The van der Waals surface area contributed by atoms with E-state index in [0.29, 0.717) is 16.7 Å². The molecule has 0 radical (unpaired) electrons. The monoisotopic (exact) mass is 690 g/mol. The lowest BCUT2D eigenvalue weighted by molar-refractivity contribution is 0.664. The average Bonchev–Trinajstić information content (AvgIpc) is 3.91. The highest BCUT2D eigenvalue weighted by Crippen LogP contribution is 2.53. The molecule has 0 atom stereocenters. The van der Waals surface area contributed by atoms with E-state index in [9.17, 15) is 0 Å². The quantitative estimate of drug-likeness (QED) is 0.184. The minimum atomic E-state index is -0.613. The Bertz CT molecular complexity index is 3540. The number of furan rings is 1. The van der Waals surface area contributed by atoms with Crippen molar-refractivity contribution in [2.24, 2.45) is 0 Å². The van der Waals surface area contributed by atoms with Gasteiger partial charge in [-0.15, -0.1) is 0 Å². The van der Waals surface area contributed by atoms with Crippen molar-refractivity contribution in [3.63, 3.8) is 0 Å². The molecular formula is C48H32N4O. The summed E-state index contributed by atoms with van der Waals surface area (Å²) in [6.45, 7) is 4.56. The summed E-state index contributed by atoms with van der Waals surface area (Å²) in [7, 11) is 0. The number of aromatic nitrogens is 4. The van der Waals surface area contributed by atoms with Crippen molar-refractivity contribution < 1.29 is 18.1 Å². The van der Waals surface area contributed by atoms with Crippen LogP contribution in [0.25, 0.3) is 94.7 Å². The van der Waals surface area contributed by atoms with Crippen molar-refractivity contribution in [3.05, 3.63) is 169 Å². The number of fused-ring (bicyclic) bond motifs is 10. The lowest BCUT2D eigenvalue weighted by Crippen LogP contribution is -2.16. The molecule has 3 aromatic heterocycles. The highest BCUT2D eigenvalue weighted by atomic mass is 16.3. The Hall–Kier alpha value is -6.85. The first-order chi connectivity index (χ1) is 30.2. The van der Waals surface area contributed by atoms with Gasteiger partial charge in [0.25, 0.3) is 0 Å². The van der Waals surface area contributed by atoms with E-state index >= 15 is 0 Å². The third-order valence-electron chi connectivity index (χ3n) is 10.4. The first kappa shape index (κ1) is 21.5.